The molecule has 2 fully saturated rings. The van der Waals surface area contributed by atoms with Gasteiger partial charge in [-0.15, -0.1) is 0 Å². The minimum absolute atomic E-state index is 0.347. The number of hydrogen-bond donors (Lipinski definition) is 1. The lowest BCUT2D eigenvalue weighted by Gasteiger charge is -2.48. The quantitative estimate of drug-likeness (QED) is 0.754. The molecule has 0 saturated carbocycles. The van der Waals surface area contributed by atoms with Gasteiger partial charge < -0.3 is 10.2 Å². The van der Waals surface area contributed by atoms with Gasteiger partial charge in [-0.05, 0) is 43.8 Å². The second-order valence-electron chi connectivity index (χ2n) is 5.78. The number of likely N-dealkylation sites (tertiary alicyclic amines) is 1. The largest absolute Gasteiger partial charge is 0.332 e. The van der Waals surface area contributed by atoms with Crippen LogP contribution in [0.3, 0.4) is 0 Å². The van der Waals surface area contributed by atoms with E-state index in [0.29, 0.717) is 30.3 Å². The Hall–Kier alpha value is -1.09. The average molecular weight is 246 g/mol. The molecule has 2 atom stereocenters. The van der Waals surface area contributed by atoms with Crippen LogP contribution in [0.2, 0.25) is 0 Å². The van der Waals surface area contributed by atoms with Crippen LogP contribution in [0.5, 0.6) is 0 Å². The van der Waals surface area contributed by atoms with Crippen LogP contribution in [0.15, 0.2) is 23.8 Å². The molecular formula is C15H22N2O. The molecule has 3 heteroatoms. The topological polar surface area (TPSA) is 32.3 Å². The van der Waals surface area contributed by atoms with Crippen molar-refractivity contribution in [1.82, 2.24) is 10.2 Å². The minimum Gasteiger partial charge on any atom is -0.332 e. The van der Waals surface area contributed by atoms with Gasteiger partial charge in [0.1, 0.15) is 0 Å². The Morgan fingerprint density at radius 1 is 1.33 bits per heavy atom. The molecule has 3 aliphatic rings. The summed E-state index contributed by atoms with van der Waals surface area (Å²) < 4.78 is 0. The predicted octanol–water partition coefficient (Wildman–Crippen LogP) is 1.86. The normalized spacial score (nSPS) is 33.3. The van der Waals surface area contributed by atoms with E-state index >= 15 is 0 Å². The van der Waals surface area contributed by atoms with Gasteiger partial charge >= 0.3 is 0 Å². The summed E-state index contributed by atoms with van der Waals surface area (Å²) in [5, 5.41) is 3.37. The number of β-lactam (4-membered cyclic amide) rings is 1. The summed E-state index contributed by atoms with van der Waals surface area (Å²) >= 11 is 0. The maximum atomic E-state index is 11.9. The van der Waals surface area contributed by atoms with Gasteiger partial charge in [-0.25, -0.2) is 0 Å². The lowest BCUT2D eigenvalue weighted by molar-refractivity contribution is -0.148. The molecule has 0 bridgehead atoms. The molecule has 0 aromatic heterocycles. The number of nitrogens with one attached hydrogen (secondary N) is 1. The number of allylic oxidation sites excluding steroid dienone is 2. The van der Waals surface area contributed by atoms with Crippen molar-refractivity contribution in [1.29, 1.82) is 0 Å². The van der Waals surface area contributed by atoms with Gasteiger partial charge in [0.15, 0.2) is 0 Å². The van der Waals surface area contributed by atoms with E-state index in [0.717, 1.165) is 32.4 Å². The summed E-state index contributed by atoms with van der Waals surface area (Å²) in [6.45, 7) is 4.33. The molecule has 0 spiro atoms. The first-order valence-corrected chi connectivity index (χ1v) is 7.16. The SMILES string of the molecule is CC1C=CC(C2CC(=O)N2C2CCNCC2)=CC1. The summed E-state index contributed by atoms with van der Waals surface area (Å²) in [5.74, 6) is 0.997. The predicted molar refractivity (Wildman–Crippen MR) is 72.1 cm³/mol. The smallest absolute Gasteiger partial charge is 0.225 e. The van der Waals surface area contributed by atoms with Gasteiger partial charge in [0.25, 0.3) is 0 Å². The van der Waals surface area contributed by atoms with E-state index in [4.69, 9.17) is 0 Å². The Labute approximate surface area is 109 Å². The van der Waals surface area contributed by atoms with E-state index in [1.165, 1.54) is 5.57 Å². The van der Waals surface area contributed by atoms with Crippen molar-refractivity contribution in [3.05, 3.63) is 23.8 Å². The van der Waals surface area contributed by atoms with Gasteiger partial charge in [0.2, 0.25) is 5.91 Å². The van der Waals surface area contributed by atoms with E-state index in [9.17, 15) is 4.79 Å². The Morgan fingerprint density at radius 2 is 2.11 bits per heavy atom. The molecule has 3 nitrogen and oxygen atoms in total. The molecule has 1 N–H and O–H groups in total. The third-order valence-electron chi connectivity index (χ3n) is 4.42. The molecule has 2 saturated heterocycles. The highest BCUT2D eigenvalue weighted by Crippen LogP contribution is 2.33. The zero-order chi connectivity index (χ0) is 12.5. The number of piperidine rings is 1. The van der Waals surface area contributed by atoms with E-state index in [1.807, 2.05) is 0 Å². The lowest BCUT2D eigenvalue weighted by Crippen LogP contribution is -2.60. The molecule has 0 radical (unpaired) electrons. The van der Waals surface area contributed by atoms with Crippen LogP contribution in [0.4, 0.5) is 0 Å². The Bertz CT molecular complexity index is 393. The van der Waals surface area contributed by atoms with Crippen molar-refractivity contribution in [2.24, 2.45) is 5.92 Å². The fourth-order valence-electron chi connectivity index (χ4n) is 3.24. The van der Waals surface area contributed by atoms with Gasteiger partial charge in [0.05, 0.1) is 12.5 Å². The minimum atomic E-state index is 0.347. The van der Waals surface area contributed by atoms with E-state index < -0.39 is 0 Å². The van der Waals surface area contributed by atoms with E-state index in [2.05, 4.69) is 35.4 Å². The van der Waals surface area contributed by atoms with Crippen molar-refractivity contribution in [2.75, 3.05) is 13.1 Å². The summed E-state index contributed by atoms with van der Waals surface area (Å²) in [6.07, 6.45) is 10.9. The molecule has 2 heterocycles. The third-order valence-corrected chi connectivity index (χ3v) is 4.42. The Morgan fingerprint density at radius 3 is 2.72 bits per heavy atom. The molecule has 1 amide bonds. The molecular weight excluding hydrogens is 224 g/mol. The first-order chi connectivity index (χ1) is 8.75. The average Bonchev–Trinajstić information content (AvgIpc) is 2.38. The summed E-state index contributed by atoms with van der Waals surface area (Å²) in [4.78, 5) is 14.0. The Balaban J connectivity index is 1.70. The second kappa shape index (κ2) is 4.88. The van der Waals surface area contributed by atoms with Gasteiger partial charge in [-0.1, -0.05) is 25.2 Å². The van der Waals surface area contributed by atoms with Crippen LogP contribution in [0, 0.1) is 5.92 Å². The van der Waals surface area contributed by atoms with E-state index in [1.54, 1.807) is 0 Å². The van der Waals surface area contributed by atoms with Gasteiger partial charge in [-0.2, -0.15) is 0 Å². The standard InChI is InChI=1S/C15H22N2O/c1-11-2-4-12(5-3-11)14-10-15(18)17(14)13-6-8-16-9-7-13/h2,4-5,11,13-14,16H,3,6-10H2,1H3. The molecule has 2 aliphatic heterocycles. The second-order valence-corrected chi connectivity index (χ2v) is 5.78. The van der Waals surface area contributed by atoms with Gasteiger partial charge in [-0.3, -0.25) is 4.79 Å². The van der Waals surface area contributed by atoms with Crippen LogP contribution < -0.4 is 5.32 Å². The maximum absolute atomic E-state index is 11.9. The first kappa shape index (κ1) is 12.0. The van der Waals surface area contributed by atoms with Crippen LogP contribution in [-0.2, 0) is 4.79 Å². The summed E-state index contributed by atoms with van der Waals surface area (Å²) in [6, 6.07) is 0.829. The zero-order valence-electron chi connectivity index (χ0n) is 11.1. The molecule has 98 valence electrons. The van der Waals surface area contributed by atoms with Crippen LogP contribution in [0.1, 0.15) is 32.6 Å². The number of rotatable bonds is 2. The van der Waals surface area contributed by atoms with Crippen LogP contribution >= 0.6 is 0 Å². The molecule has 2 unspecified atom stereocenters. The maximum Gasteiger partial charge on any atom is 0.225 e. The van der Waals surface area contributed by atoms with Crippen LogP contribution in [-0.4, -0.2) is 36.0 Å². The molecule has 0 aromatic carbocycles. The van der Waals surface area contributed by atoms with Crippen molar-refractivity contribution in [3.8, 4) is 0 Å². The zero-order valence-corrected chi connectivity index (χ0v) is 11.1. The fraction of sp³-hybridized carbons (Fsp3) is 0.667. The number of nitrogens with zero attached hydrogens (tertiary/aromatic N) is 1. The van der Waals surface area contributed by atoms with Crippen molar-refractivity contribution in [2.45, 2.75) is 44.7 Å². The number of hydrogen-bond acceptors (Lipinski definition) is 2. The first-order valence-electron chi connectivity index (χ1n) is 7.16. The van der Waals surface area contributed by atoms with E-state index in [-0.39, 0.29) is 0 Å². The number of amides is 1. The van der Waals surface area contributed by atoms with Gasteiger partial charge in [0, 0.05) is 6.04 Å². The molecule has 0 aromatic rings. The summed E-state index contributed by atoms with van der Waals surface area (Å²) in [7, 11) is 0. The summed E-state index contributed by atoms with van der Waals surface area (Å²) in [5.41, 5.74) is 1.37. The van der Waals surface area contributed by atoms with Crippen molar-refractivity contribution < 1.29 is 4.79 Å². The highest BCUT2D eigenvalue weighted by atomic mass is 16.2. The molecule has 1 aliphatic carbocycles. The monoisotopic (exact) mass is 246 g/mol. The highest BCUT2D eigenvalue weighted by Gasteiger charge is 2.42. The third kappa shape index (κ3) is 2.12. The fourth-order valence-corrected chi connectivity index (χ4v) is 3.24. The van der Waals surface area contributed by atoms with Crippen molar-refractivity contribution in [3.63, 3.8) is 0 Å². The number of carbonyl (C=O) groups excluding carboxylic acids is 1. The Kier molecular flexibility index (Phi) is 3.25. The lowest BCUT2D eigenvalue weighted by atomic mass is 9.85. The highest BCUT2D eigenvalue weighted by molar-refractivity contribution is 5.85. The molecule has 3 rings (SSSR count). The van der Waals surface area contributed by atoms with Crippen LogP contribution in [0.25, 0.3) is 0 Å². The van der Waals surface area contributed by atoms with Crippen molar-refractivity contribution >= 4 is 5.91 Å². The molecule has 18 heavy (non-hydrogen) atoms. The number of carbonyl (C=O) groups is 1.